The normalized spacial score (nSPS) is 15.2. The Bertz CT molecular complexity index is 983. The Balaban J connectivity index is 1.80. The summed E-state index contributed by atoms with van der Waals surface area (Å²) < 4.78 is 0. The summed E-state index contributed by atoms with van der Waals surface area (Å²) in [4.78, 5) is 26.4. The number of benzene rings is 2. The average Bonchev–Trinajstić information content (AvgIpc) is 2.73. The van der Waals surface area contributed by atoms with Crippen molar-refractivity contribution in [3.63, 3.8) is 0 Å². The number of urea groups is 1. The van der Waals surface area contributed by atoms with Crippen LogP contribution in [0, 0.1) is 11.3 Å². The van der Waals surface area contributed by atoms with E-state index in [1.54, 1.807) is 25.2 Å². The Kier molecular flexibility index (Phi) is 6.40. The summed E-state index contributed by atoms with van der Waals surface area (Å²) in [5.74, 6) is -0.0540. The van der Waals surface area contributed by atoms with E-state index < -0.39 is 0 Å². The SMILES string of the molecule is CNC(=O)NCc1cccc2c1CCN(C(=O)Cc1c(Cl)cccc1C#N)[C@H]2C. The van der Waals surface area contributed by atoms with Crippen LogP contribution >= 0.6 is 11.6 Å². The number of nitrogens with one attached hydrogen (secondary N) is 2. The van der Waals surface area contributed by atoms with E-state index in [-0.39, 0.29) is 24.4 Å². The molecule has 0 fully saturated rings. The molecule has 0 radical (unpaired) electrons. The molecule has 2 aromatic rings. The summed E-state index contributed by atoms with van der Waals surface area (Å²) in [6.45, 7) is 3.02. The molecule has 2 aromatic carbocycles. The van der Waals surface area contributed by atoms with Crippen molar-refractivity contribution < 1.29 is 9.59 Å². The van der Waals surface area contributed by atoms with E-state index in [0.29, 0.717) is 35.7 Å². The Labute approximate surface area is 175 Å². The summed E-state index contributed by atoms with van der Waals surface area (Å²) in [6.07, 6.45) is 0.810. The van der Waals surface area contributed by atoms with Crippen molar-refractivity contribution in [3.05, 3.63) is 69.2 Å². The molecule has 0 saturated heterocycles. The lowest BCUT2D eigenvalue weighted by Gasteiger charge is -2.36. The van der Waals surface area contributed by atoms with Crippen molar-refractivity contribution in [3.8, 4) is 6.07 Å². The van der Waals surface area contributed by atoms with Crippen LogP contribution in [0.15, 0.2) is 36.4 Å². The van der Waals surface area contributed by atoms with Gasteiger partial charge in [-0.3, -0.25) is 4.79 Å². The van der Waals surface area contributed by atoms with Gasteiger partial charge < -0.3 is 15.5 Å². The van der Waals surface area contributed by atoms with Crippen molar-refractivity contribution in [2.24, 2.45) is 0 Å². The van der Waals surface area contributed by atoms with Gasteiger partial charge in [0.2, 0.25) is 5.91 Å². The predicted octanol–water partition coefficient (Wildman–Crippen LogP) is 3.33. The second kappa shape index (κ2) is 8.97. The molecule has 3 amide bonds. The molecule has 0 spiro atoms. The van der Waals surface area contributed by atoms with Crippen molar-refractivity contribution in [1.82, 2.24) is 15.5 Å². The fourth-order valence-corrected chi connectivity index (χ4v) is 4.05. The molecule has 2 N–H and O–H groups in total. The minimum atomic E-state index is -0.226. The van der Waals surface area contributed by atoms with Gasteiger partial charge in [0.15, 0.2) is 0 Å². The van der Waals surface area contributed by atoms with Gasteiger partial charge in [-0.15, -0.1) is 0 Å². The fourth-order valence-electron chi connectivity index (χ4n) is 3.81. The highest BCUT2D eigenvalue weighted by Crippen LogP contribution is 2.32. The lowest BCUT2D eigenvalue weighted by Crippen LogP contribution is -2.40. The van der Waals surface area contributed by atoms with Gasteiger partial charge >= 0.3 is 6.03 Å². The number of nitrogens with zero attached hydrogens (tertiary/aromatic N) is 2. The van der Waals surface area contributed by atoms with Crippen molar-refractivity contribution in [2.45, 2.75) is 32.4 Å². The highest BCUT2D eigenvalue weighted by atomic mass is 35.5. The number of rotatable bonds is 4. The van der Waals surface area contributed by atoms with E-state index >= 15 is 0 Å². The summed E-state index contributed by atoms with van der Waals surface area (Å²) in [6, 6.07) is 12.9. The topological polar surface area (TPSA) is 85.2 Å². The Morgan fingerprint density at radius 2 is 2.03 bits per heavy atom. The number of hydrogen-bond donors (Lipinski definition) is 2. The maximum absolute atomic E-state index is 13.0. The van der Waals surface area contributed by atoms with Crippen LogP contribution in [0.1, 0.15) is 40.8 Å². The highest BCUT2D eigenvalue weighted by molar-refractivity contribution is 6.31. The van der Waals surface area contributed by atoms with E-state index in [2.05, 4.69) is 16.7 Å². The van der Waals surface area contributed by atoms with Crippen LogP contribution in [0.25, 0.3) is 0 Å². The zero-order valence-corrected chi connectivity index (χ0v) is 17.2. The summed E-state index contributed by atoms with van der Waals surface area (Å²) in [5.41, 5.74) is 4.32. The van der Waals surface area contributed by atoms with Crippen LogP contribution < -0.4 is 10.6 Å². The molecule has 1 aliphatic rings. The molecule has 7 heteroatoms. The lowest BCUT2D eigenvalue weighted by molar-refractivity contribution is -0.133. The average molecular weight is 411 g/mol. The first-order valence-corrected chi connectivity index (χ1v) is 9.87. The molecule has 29 heavy (non-hydrogen) atoms. The molecular formula is C22H23ClN4O2. The van der Waals surface area contributed by atoms with Gasteiger partial charge in [0, 0.05) is 25.2 Å². The first-order chi connectivity index (χ1) is 14.0. The van der Waals surface area contributed by atoms with Gasteiger partial charge in [0.1, 0.15) is 0 Å². The van der Waals surface area contributed by atoms with Crippen molar-refractivity contribution >= 4 is 23.5 Å². The molecule has 0 aromatic heterocycles. The third kappa shape index (κ3) is 4.36. The summed E-state index contributed by atoms with van der Waals surface area (Å²) >= 11 is 6.24. The number of hydrogen-bond acceptors (Lipinski definition) is 3. The number of carbonyl (C=O) groups is 2. The van der Waals surface area contributed by atoms with Crippen molar-refractivity contribution in [2.75, 3.05) is 13.6 Å². The Morgan fingerprint density at radius 3 is 2.76 bits per heavy atom. The van der Waals surface area contributed by atoms with E-state index in [1.165, 1.54) is 5.56 Å². The van der Waals surface area contributed by atoms with Gasteiger partial charge in [-0.05, 0) is 47.7 Å². The van der Waals surface area contributed by atoms with Crippen molar-refractivity contribution in [1.29, 1.82) is 5.26 Å². The molecule has 1 atom stereocenters. The minimum absolute atomic E-state index is 0.0540. The molecule has 0 saturated carbocycles. The van der Waals surface area contributed by atoms with Gasteiger partial charge in [-0.25, -0.2) is 4.79 Å². The summed E-state index contributed by atoms with van der Waals surface area (Å²) in [5, 5.41) is 15.1. The quantitative estimate of drug-likeness (QED) is 0.810. The number of carbonyl (C=O) groups excluding carboxylic acids is 2. The Morgan fingerprint density at radius 1 is 1.28 bits per heavy atom. The van der Waals surface area contributed by atoms with E-state index in [4.69, 9.17) is 11.6 Å². The molecule has 0 unspecified atom stereocenters. The third-order valence-corrected chi connectivity index (χ3v) is 5.74. The second-order valence-corrected chi connectivity index (χ2v) is 7.39. The van der Waals surface area contributed by atoms with E-state index in [9.17, 15) is 14.9 Å². The van der Waals surface area contributed by atoms with Crippen LogP contribution in [0.2, 0.25) is 5.02 Å². The fraction of sp³-hybridized carbons (Fsp3) is 0.318. The van der Waals surface area contributed by atoms with Crippen LogP contribution in [0.4, 0.5) is 4.79 Å². The monoisotopic (exact) mass is 410 g/mol. The van der Waals surface area contributed by atoms with Gasteiger partial charge in [-0.1, -0.05) is 35.9 Å². The minimum Gasteiger partial charge on any atom is -0.341 e. The largest absolute Gasteiger partial charge is 0.341 e. The number of halogens is 1. The lowest BCUT2D eigenvalue weighted by atomic mass is 9.89. The summed E-state index contributed by atoms with van der Waals surface area (Å²) in [7, 11) is 1.58. The van der Waals surface area contributed by atoms with E-state index in [1.807, 2.05) is 30.0 Å². The van der Waals surface area contributed by atoms with Gasteiger partial charge in [0.25, 0.3) is 0 Å². The molecule has 0 aliphatic carbocycles. The van der Waals surface area contributed by atoms with Crippen LogP contribution in [0.5, 0.6) is 0 Å². The standard InChI is InChI=1S/C22H23ClN4O2/c1-14-17-7-3-6-16(13-26-22(29)25-2)18(17)9-10-27(14)21(28)11-19-15(12-24)5-4-8-20(19)23/h3-8,14H,9-11,13H2,1-2H3,(H2,25,26,29)/t14-/m0/s1. The maximum Gasteiger partial charge on any atom is 0.314 e. The third-order valence-electron chi connectivity index (χ3n) is 5.38. The number of amides is 3. The number of nitriles is 1. The van der Waals surface area contributed by atoms with Gasteiger partial charge in [0.05, 0.1) is 24.1 Å². The van der Waals surface area contributed by atoms with Crippen LogP contribution in [-0.4, -0.2) is 30.4 Å². The first-order valence-electron chi connectivity index (χ1n) is 9.49. The first kappa shape index (κ1) is 20.7. The van der Waals surface area contributed by atoms with Gasteiger partial charge in [-0.2, -0.15) is 5.26 Å². The molecule has 1 heterocycles. The molecule has 3 rings (SSSR count). The molecule has 6 nitrogen and oxygen atoms in total. The Hall–Kier alpha value is -3.04. The second-order valence-electron chi connectivity index (χ2n) is 6.99. The molecule has 150 valence electrons. The number of fused-ring (bicyclic) bond motifs is 1. The highest BCUT2D eigenvalue weighted by Gasteiger charge is 2.29. The predicted molar refractivity (Wildman–Crippen MR) is 111 cm³/mol. The van der Waals surface area contributed by atoms with Crippen LogP contribution in [0.3, 0.4) is 0 Å². The zero-order chi connectivity index (χ0) is 21.0. The van der Waals surface area contributed by atoms with E-state index in [0.717, 1.165) is 11.1 Å². The molecule has 1 aliphatic heterocycles. The van der Waals surface area contributed by atoms with Crippen LogP contribution in [-0.2, 0) is 24.2 Å². The zero-order valence-electron chi connectivity index (χ0n) is 16.5. The molecular weight excluding hydrogens is 388 g/mol. The smallest absolute Gasteiger partial charge is 0.314 e. The molecule has 0 bridgehead atoms. The maximum atomic E-state index is 13.0.